The van der Waals surface area contributed by atoms with Crippen LogP contribution in [0.5, 0.6) is 0 Å². The molecule has 1 aliphatic heterocycles. The van der Waals surface area contributed by atoms with Crippen LogP contribution < -0.4 is 0 Å². The van der Waals surface area contributed by atoms with Gasteiger partial charge in [-0.05, 0) is 25.7 Å². The predicted octanol–water partition coefficient (Wildman–Crippen LogP) is 1.86. The van der Waals surface area contributed by atoms with Gasteiger partial charge in [-0.15, -0.1) is 0 Å². The van der Waals surface area contributed by atoms with Crippen molar-refractivity contribution in [3.05, 3.63) is 0 Å². The molecule has 96 valence electrons. The fourth-order valence-electron chi connectivity index (χ4n) is 3.93. The van der Waals surface area contributed by atoms with Gasteiger partial charge in [0.2, 0.25) is 0 Å². The van der Waals surface area contributed by atoms with E-state index in [1.54, 1.807) is 0 Å². The SMILES string of the molecule is O=C1[C@@H]2CCCC[C@H]1[C@H](N1CCOCC1)CC2. The summed E-state index contributed by atoms with van der Waals surface area (Å²) in [5, 5.41) is 0. The van der Waals surface area contributed by atoms with Crippen LogP contribution >= 0.6 is 0 Å². The van der Waals surface area contributed by atoms with E-state index in [-0.39, 0.29) is 0 Å². The molecule has 3 atom stereocenters. The maximum atomic E-state index is 12.4. The number of nitrogens with zero attached hydrogens (tertiary/aromatic N) is 1. The number of carbonyl (C=O) groups is 1. The number of ether oxygens (including phenoxy) is 1. The van der Waals surface area contributed by atoms with Crippen LogP contribution in [0.15, 0.2) is 0 Å². The Morgan fingerprint density at radius 2 is 1.76 bits per heavy atom. The van der Waals surface area contributed by atoms with Gasteiger partial charge in [0.1, 0.15) is 5.78 Å². The highest BCUT2D eigenvalue weighted by atomic mass is 16.5. The van der Waals surface area contributed by atoms with Crippen LogP contribution in [-0.2, 0) is 9.53 Å². The summed E-state index contributed by atoms with van der Waals surface area (Å²) in [6.45, 7) is 3.75. The van der Waals surface area contributed by atoms with Crippen LogP contribution in [0.25, 0.3) is 0 Å². The van der Waals surface area contributed by atoms with Gasteiger partial charge in [-0.2, -0.15) is 0 Å². The van der Waals surface area contributed by atoms with Crippen LogP contribution in [0.1, 0.15) is 38.5 Å². The summed E-state index contributed by atoms with van der Waals surface area (Å²) in [5.41, 5.74) is 0. The molecule has 0 radical (unpaired) electrons. The quantitative estimate of drug-likeness (QED) is 0.697. The molecule has 3 fully saturated rings. The normalized spacial score (nSPS) is 40.0. The van der Waals surface area contributed by atoms with Gasteiger partial charge < -0.3 is 4.74 Å². The molecule has 3 aliphatic rings. The summed E-state index contributed by atoms with van der Waals surface area (Å²) in [5.74, 6) is 1.33. The van der Waals surface area contributed by atoms with E-state index < -0.39 is 0 Å². The average molecular weight is 237 g/mol. The Labute approximate surface area is 104 Å². The number of carbonyl (C=O) groups excluding carboxylic acids is 1. The second-order valence-corrected chi connectivity index (χ2v) is 5.78. The molecule has 0 aromatic rings. The number of ketones is 1. The molecular weight excluding hydrogens is 214 g/mol. The minimum absolute atomic E-state index is 0.342. The van der Waals surface area contributed by atoms with Crippen molar-refractivity contribution in [2.75, 3.05) is 26.3 Å². The zero-order valence-corrected chi connectivity index (χ0v) is 10.6. The Hall–Kier alpha value is -0.410. The first-order chi connectivity index (χ1) is 8.36. The van der Waals surface area contributed by atoms with E-state index in [1.807, 2.05) is 0 Å². The fourth-order valence-corrected chi connectivity index (χ4v) is 3.93. The molecule has 1 heterocycles. The van der Waals surface area contributed by atoms with Gasteiger partial charge in [0.25, 0.3) is 0 Å². The monoisotopic (exact) mass is 237 g/mol. The number of rotatable bonds is 1. The summed E-state index contributed by atoms with van der Waals surface area (Å²) in [4.78, 5) is 14.9. The van der Waals surface area contributed by atoms with Crippen LogP contribution in [0, 0.1) is 11.8 Å². The highest BCUT2D eigenvalue weighted by molar-refractivity contribution is 5.85. The number of hydrogen-bond donors (Lipinski definition) is 0. The second-order valence-electron chi connectivity index (χ2n) is 5.78. The van der Waals surface area contributed by atoms with Gasteiger partial charge >= 0.3 is 0 Å². The van der Waals surface area contributed by atoms with Gasteiger partial charge in [0.15, 0.2) is 0 Å². The second kappa shape index (κ2) is 5.07. The standard InChI is InChI=1S/C14H23NO2/c16-14-11-3-1-2-4-12(14)13(6-5-11)15-7-9-17-10-8-15/h11-13H,1-10H2/t11-,12+,13-/m1/s1. The summed E-state index contributed by atoms with van der Waals surface area (Å²) in [7, 11) is 0. The molecule has 1 saturated heterocycles. The van der Waals surface area contributed by atoms with Gasteiger partial charge in [-0.1, -0.05) is 12.8 Å². The highest BCUT2D eigenvalue weighted by Gasteiger charge is 2.41. The van der Waals surface area contributed by atoms with Gasteiger partial charge in [0.05, 0.1) is 13.2 Å². The average Bonchev–Trinajstić information content (AvgIpc) is 2.49. The number of Topliss-reactive ketones (excluding diaryl/α,β-unsaturated/α-hetero) is 1. The molecule has 3 rings (SSSR count). The Morgan fingerprint density at radius 1 is 1.00 bits per heavy atom. The van der Waals surface area contributed by atoms with Crippen LogP contribution in [-0.4, -0.2) is 43.0 Å². The van der Waals surface area contributed by atoms with Crippen molar-refractivity contribution in [2.24, 2.45) is 11.8 Å². The van der Waals surface area contributed by atoms with E-state index in [4.69, 9.17) is 4.74 Å². The maximum Gasteiger partial charge on any atom is 0.140 e. The van der Waals surface area contributed by atoms with E-state index >= 15 is 0 Å². The molecular formula is C14H23NO2. The molecule has 2 aliphatic carbocycles. The largest absolute Gasteiger partial charge is 0.379 e. The van der Waals surface area contributed by atoms with Gasteiger partial charge in [-0.25, -0.2) is 0 Å². The van der Waals surface area contributed by atoms with Crippen molar-refractivity contribution in [3.8, 4) is 0 Å². The van der Waals surface area contributed by atoms with Crippen molar-refractivity contribution in [3.63, 3.8) is 0 Å². The number of fused-ring (bicyclic) bond motifs is 2. The Bertz CT molecular complexity index is 286. The number of morpholine rings is 1. The predicted molar refractivity (Wildman–Crippen MR) is 65.9 cm³/mol. The highest BCUT2D eigenvalue weighted by Crippen LogP contribution is 2.38. The molecule has 0 unspecified atom stereocenters. The molecule has 17 heavy (non-hydrogen) atoms. The van der Waals surface area contributed by atoms with Crippen molar-refractivity contribution in [1.29, 1.82) is 0 Å². The third-order valence-electron chi connectivity index (χ3n) is 4.88. The van der Waals surface area contributed by atoms with E-state index in [2.05, 4.69) is 4.90 Å². The van der Waals surface area contributed by atoms with Gasteiger partial charge in [0, 0.05) is 31.0 Å². The van der Waals surface area contributed by atoms with E-state index in [0.29, 0.717) is 23.7 Å². The van der Waals surface area contributed by atoms with Crippen LogP contribution in [0.4, 0.5) is 0 Å². The zero-order valence-electron chi connectivity index (χ0n) is 10.6. The van der Waals surface area contributed by atoms with Crippen molar-refractivity contribution < 1.29 is 9.53 Å². The first kappa shape index (κ1) is 11.7. The Balaban J connectivity index is 1.73. The molecule has 2 bridgehead atoms. The smallest absolute Gasteiger partial charge is 0.140 e. The van der Waals surface area contributed by atoms with Crippen LogP contribution in [0.2, 0.25) is 0 Å². The lowest BCUT2D eigenvalue weighted by atomic mass is 9.75. The van der Waals surface area contributed by atoms with Gasteiger partial charge in [-0.3, -0.25) is 9.69 Å². The molecule has 0 aromatic carbocycles. The Kier molecular flexibility index (Phi) is 3.48. The Morgan fingerprint density at radius 3 is 2.59 bits per heavy atom. The third kappa shape index (κ3) is 2.27. The molecule has 0 spiro atoms. The van der Waals surface area contributed by atoms with E-state index in [0.717, 1.165) is 45.6 Å². The lowest BCUT2D eigenvalue weighted by molar-refractivity contribution is -0.133. The van der Waals surface area contributed by atoms with Crippen molar-refractivity contribution in [2.45, 2.75) is 44.6 Å². The number of hydrogen-bond acceptors (Lipinski definition) is 3. The molecule has 2 saturated carbocycles. The summed E-state index contributed by atoms with van der Waals surface area (Å²) >= 11 is 0. The molecule has 3 heteroatoms. The maximum absolute atomic E-state index is 12.4. The molecule has 0 aromatic heterocycles. The molecule has 3 nitrogen and oxygen atoms in total. The summed E-state index contributed by atoms with van der Waals surface area (Å²) in [6, 6.07) is 0.528. The third-order valence-corrected chi connectivity index (χ3v) is 4.88. The lowest BCUT2D eigenvalue weighted by Crippen LogP contribution is -2.51. The van der Waals surface area contributed by atoms with E-state index in [9.17, 15) is 4.79 Å². The topological polar surface area (TPSA) is 29.5 Å². The van der Waals surface area contributed by atoms with Crippen molar-refractivity contribution in [1.82, 2.24) is 4.90 Å². The molecule has 0 N–H and O–H groups in total. The minimum atomic E-state index is 0.342. The lowest BCUT2D eigenvalue weighted by Gasteiger charge is -2.42. The molecule has 0 amide bonds. The summed E-state index contributed by atoms with van der Waals surface area (Å²) in [6.07, 6.45) is 7.19. The minimum Gasteiger partial charge on any atom is -0.379 e. The first-order valence-electron chi connectivity index (χ1n) is 7.22. The fraction of sp³-hybridized carbons (Fsp3) is 0.929. The van der Waals surface area contributed by atoms with Crippen LogP contribution in [0.3, 0.4) is 0 Å². The van der Waals surface area contributed by atoms with Crippen molar-refractivity contribution >= 4 is 5.78 Å². The summed E-state index contributed by atoms with van der Waals surface area (Å²) < 4.78 is 5.42. The van der Waals surface area contributed by atoms with E-state index in [1.165, 1.54) is 19.3 Å². The first-order valence-corrected chi connectivity index (χ1v) is 7.22. The zero-order chi connectivity index (χ0) is 11.7.